The van der Waals surface area contributed by atoms with Crippen LogP contribution in [0.3, 0.4) is 0 Å². The van der Waals surface area contributed by atoms with Crippen LogP contribution in [0.5, 0.6) is 11.5 Å². The van der Waals surface area contributed by atoms with Gasteiger partial charge < -0.3 is 25.5 Å². The van der Waals surface area contributed by atoms with Crippen LogP contribution < -0.4 is 20.9 Å². The lowest BCUT2D eigenvalue weighted by Crippen LogP contribution is -2.14. The molecular weight excluding hydrogens is 328 g/mol. The summed E-state index contributed by atoms with van der Waals surface area (Å²) in [5.74, 6) is 1.04. The lowest BCUT2D eigenvalue weighted by Gasteiger charge is -2.12. The summed E-state index contributed by atoms with van der Waals surface area (Å²) in [6, 6.07) is 5.48. The molecule has 0 radical (unpaired) electrons. The first-order valence-corrected chi connectivity index (χ1v) is 8.39. The Morgan fingerprint density at radius 3 is 2.67 bits per heavy atom. The van der Waals surface area contributed by atoms with Crippen molar-refractivity contribution < 1.29 is 14.3 Å². The third-order valence-corrected chi connectivity index (χ3v) is 4.55. The second-order valence-electron chi connectivity index (χ2n) is 5.12. The Bertz CT molecular complexity index is 730. The van der Waals surface area contributed by atoms with Gasteiger partial charge in [-0.3, -0.25) is 4.79 Å². The summed E-state index contributed by atoms with van der Waals surface area (Å²) in [5.41, 5.74) is 11.5. The zero-order valence-corrected chi connectivity index (χ0v) is 14.9. The number of carbonyl (C=O) groups excluding carboxylic acids is 1. The number of methoxy groups -OCH3 is 2. The first-order valence-electron chi connectivity index (χ1n) is 7.57. The summed E-state index contributed by atoms with van der Waals surface area (Å²) in [5, 5.41) is 0.598. The number of carbonyl (C=O) groups is 1. The molecule has 0 unspecified atom stereocenters. The van der Waals surface area contributed by atoms with Gasteiger partial charge in [-0.05, 0) is 36.4 Å². The fourth-order valence-corrected chi connectivity index (χ4v) is 3.26. The van der Waals surface area contributed by atoms with Gasteiger partial charge in [0.15, 0.2) is 10.9 Å². The predicted octanol–water partition coefficient (Wildman–Crippen LogP) is 2.53. The van der Waals surface area contributed by atoms with E-state index in [4.69, 9.17) is 20.9 Å². The summed E-state index contributed by atoms with van der Waals surface area (Å²) >= 11 is 1.36. The average molecular weight is 350 g/mol. The average Bonchev–Trinajstić information content (AvgIpc) is 2.88. The number of rotatable bonds is 8. The zero-order chi connectivity index (χ0) is 17.7. The molecule has 2 rings (SSSR count). The molecule has 0 bridgehead atoms. The SMILES string of the molecule is CCCCn1c(Sc2cc(OC)ccc2OC)nc(C(N)=O)c1N. The van der Waals surface area contributed by atoms with E-state index in [1.54, 1.807) is 14.2 Å². The number of unbranched alkanes of at least 4 members (excludes halogenated alkanes) is 1. The summed E-state index contributed by atoms with van der Waals surface area (Å²) < 4.78 is 12.5. The molecule has 0 spiro atoms. The molecule has 130 valence electrons. The summed E-state index contributed by atoms with van der Waals surface area (Å²) in [7, 11) is 3.19. The molecule has 1 heterocycles. The van der Waals surface area contributed by atoms with Crippen molar-refractivity contribution in [2.45, 2.75) is 36.4 Å². The number of benzene rings is 1. The van der Waals surface area contributed by atoms with Crippen molar-refractivity contribution in [1.29, 1.82) is 0 Å². The third kappa shape index (κ3) is 3.76. The van der Waals surface area contributed by atoms with E-state index in [-0.39, 0.29) is 5.69 Å². The van der Waals surface area contributed by atoms with Crippen LogP contribution >= 0.6 is 11.8 Å². The third-order valence-electron chi connectivity index (χ3n) is 3.51. The molecule has 8 heteroatoms. The largest absolute Gasteiger partial charge is 0.497 e. The van der Waals surface area contributed by atoms with Crippen LogP contribution in [0.2, 0.25) is 0 Å². The van der Waals surface area contributed by atoms with Gasteiger partial charge in [0.2, 0.25) is 0 Å². The van der Waals surface area contributed by atoms with Crippen LogP contribution in [0.4, 0.5) is 5.82 Å². The number of hydrogen-bond donors (Lipinski definition) is 2. The van der Waals surface area contributed by atoms with E-state index in [9.17, 15) is 4.79 Å². The van der Waals surface area contributed by atoms with Crippen molar-refractivity contribution in [3.63, 3.8) is 0 Å². The molecule has 4 N–H and O–H groups in total. The van der Waals surface area contributed by atoms with E-state index in [2.05, 4.69) is 11.9 Å². The number of aromatic nitrogens is 2. The molecule has 0 fully saturated rings. The van der Waals surface area contributed by atoms with Gasteiger partial charge in [0.05, 0.1) is 19.1 Å². The maximum atomic E-state index is 11.5. The van der Waals surface area contributed by atoms with Gasteiger partial charge in [-0.25, -0.2) is 4.98 Å². The Balaban J connectivity index is 2.44. The van der Waals surface area contributed by atoms with Gasteiger partial charge in [0.1, 0.15) is 17.3 Å². The van der Waals surface area contributed by atoms with Gasteiger partial charge in [-0.2, -0.15) is 0 Å². The van der Waals surface area contributed by atoms with Gasteiger partial charge in [0.25, 0.3) is 5.91 Å². The van der Waals surface area contributed by atoms with Crippen molar-refractivity contribution >= 4 is 23.5 Å². The number of nitrogens with zero attached hydrogens (tertiary/aromatic N) is 2. The number of nitrogens with two attached hydrogens (primary N) is 2. The van der Waals surface area contributed by atoms with E-state index < -0.39 is 5.91 Å². The fraction of sp³-hybridized carbons (Fsp3) is 0.375. The number of anilines is 1. The molecule has 1 aromatic carbocycles. The maximum Gasteiger partial charge on any atom is 0.271 e. The molecule has 0 aliphatic carbocycles. The summed E-state index contributed by atoms with van der Waals surface area (Å²) in [4.78, 5) is 16.7. The van der Waals surface area contributed by atoms with Gasteiger partial charge >= 0.3 is 0 Å². The van der Waals surface area contributed by atoms with Crippen molar-refractivity contribution in [2.75, 3.05) is 20.0 Å². The van der Waals surface area contributed by atoms with Crippen LogP contribution in [0.25, 0.3) is 0 Å². The molecule has 1 amide bonds. The highest BCUT2D eigenvalue weighted by atomic mass is 32.2. The Morgan fingerprint density at radius 2 is 2.08 bits per heavy atom. The summed E-state index contributed by atoms with van der Waals surface area (Å²) in [6.45, 7) is 2.75. The molecule has 7 nitrogen and oxygen atoms in total. The maximum absolute atomic E-state index is 11.5. The van der Waals surface area contributed by atoms with Gasteiger partial charge in [-0.15, -0.1) is 0 Å². The number of primary amides is 1. The zero-order valence-electron chi connectivity index (χ0n) is 14.0. The molecule has 0 atom stereocenters. The van der Waals surface area contributed by atoms with Crippen molar-refractivity contribution in [3.8, 4) is 11.5 Å². The van der Waals surface area contributed by atoms with Crippen LogP contribution in [0, 0.1) is 0 Å². The van der Waals surface area contributed by atoms with Gasteiger partial charge in [0, 0.05) is 6.54 Å². The first-order chi connectivity index (χ1) is 11.5. The Hall–Kier alpha value is -2.35. The van der Waals surface area contributed by atoms with Crippen LogP contribution in [0.1, 0.15) is 30.3 Å². The number of amides is 1. The van der Waals surface area contributed by atoms with E-state index in [0.717, 1.165) is 17.7 Å². The Kier molecular flexibility index (Phi) is 5.97. The molecule has 0 saturated heterocycles. The molecule has 0 aliphatic heterocycles. The van der Waals surface area contributed by atoms with Crippen molar-refractivity contribution in [2.24, 2.45) is 5.73 Å². The molecule has 2 aromatic rings. The van der Waals surface area contributed by atoms with E-state index in [1.807, 2.05) is 22.8 Å². The Labute approximate surface area is 145 Å². The van der Waals surface area contributed by atoms with Crippen LogP contribution in [-0.4, -0.2) is 29.7 Å². The van der Waals surface area contributed by atoms with E-state index in [1.165, 1.54) is 11.8 Å². The quantitative estimate of drug-likeness (QED) is 0.758. The number of nitrogen functional groups attached to an aromatic ring is 1. The van der Waals surface area contributed by atoms with Crippen LogP contribution in [0.15, 0.2) is 28.3 Å². The predicted molar refractivity (Wildman–Crippen MR) is 93.7 cm³/mol. The van der Waals surface area contributed by atoms with Crippen LogP contribution in [-0.2, 0) is 6.54 Å². The second kappa shape index (κ2) is 7.96. The molecule has 0 saturated carbocycles. The van der Waals surface area contributed by atoms with Crippen molar-refractivity contribution in [1.82, 2.24) is 9.55 Å². The number of imidazole rings is 1. The Morgan fingerprint density at radius 1 is 1.33 bits per heavy atom. The summed E-state index contributed by atoms with van der Waals surface area (Å²) in [6.07, 6.45) is 1.91. The number of hydrogen-bond acceptors (Lipinski definition) is 6. The first kappa shape index (κ1) is 18.0. The highest BCUT2D eigenvalue weighted by Gasteiger charge is 2.20. The number of ether oxygens (including phenoxy) is 2. The standard InChI is InChI=1S/C16H22N4O3S/c1-4-5-8-20-14(17)13(15(18)21)19-16(20)24-12-9-10(22-2)6-7-11(12)23-3/h6-7,9H,4-5,8,17H2,1-3H3,(H2,18,21). The smallest absolute Gasteiger partial charge is 0.271 e. The molecular formula is C16H22N4O3S. The fourth-order valence-electron chi connectivity index (χ4n) is 2.20. The minimum absolute atomic E-state index is 0.0930. The highest BCUT2D eigenvalue weighted by molar-refractivity contribution is 7.99. The normalized spacial score (nSPS) is 10.6. The van der Waals surface area contributed by atoms with E-state index in [0.29, 0.717) is 29.0 Å². The topological polar surface area (TPSA) is 105 Å². The lowest BCUT2D eigenvalue weighted by molar-refractivity contribution is 0.0996. The van der Waals surface area contributed by atoms with Gasteiger partial charge in [-0.1, -0.05) is 13.3 Å². The minimum Gasteiger partial charge on any atom is -0.497 e. The monoisotopic (exact) mass is 350 g/mol. The van der Waals surface area contributed by atoms with E-state index >= 15 is 0 Å². The molecule has 0 aliphatic rings. The second-order valence-corrected chi connectivity index (χ2v) is 6.13. The minimum atomic E-state index is -0.637. The lowest BCUT2D eigenvalue weighted by atomic mass is 10.3. The van der Waals surface area contributed by atoms with Crippen molar-refractivity contribution in [3.05, 3.63) is 23.9 Å². The molecule has 24 heavy (non-hydrogen) atoms. The molecule has 1 aromatic heterocycles. The highest BCUT2D eigenvalue weighted by Crippen LogP contribution is 2.38.